The summed E-state index contributed by atoms with van der Waals surface area (Å²) in [4.78, 5) is 13.2. The number of nitrogens with one attached hydrogen (secondary N) is 1. The average Bonchev–Trinajstić information content (AvgIpc) is 3.30. The van der Waals surface area contributed by atoms with Crippen LogP contribution in [0.3, 0.4) is 0 Å². The summed E-state index contributed by atoms with van der Waals surface area (Å²) in [6, 6.07) is 5.99. The summed E-state index contributed by atoms with van der Waals surface area (Å²) >= 11 is 0. The quantitative estimate of drug-likeness (QED) is 0.720. The van der Waals surface area contributed by atoms with E-state index in [-0.39, 0.29) is 0 Å². The zero-order chi connectivity index (χ0) is 18.6. The van der Waals surface area contributed by atoms with E-state index in [1.165, 1.54) is 12.8 Å². The van der Waals surface area contributed by atoms with E-state index in [4.69, 9.17) is 4.74 Å². The van der Waals surface area contributed by atoms with Gasteiger partial charge in [0, 0.05) is 24.5 Å². The second-order valence-electron chi connectivity index (χ2n) is 6.98. The highest BCUT2D eigenvalue weighted by Gasteiger charge is 2.17. The summed E-state index contributed by atoms with van der Waals surface area (Å²) in [6.07, 6.45) is 10.3. The van der Waals surface area contributed by atoms with Crippen molar-refractivity contribution in [2.75, 3.05) is 5.32 Å². The zero-order valence-electron chi connectivity index (χ0n) is 15.7. The minimum atomic E-state index is 0.309. The number of nitrogens with zero attached hydrogens (tertiary/aromatic N) is 5. The van der Waals surface area contributed by atoms with Gasteiger partial charge in [-0.2, -0.15) is 5.10 Å². The molecule has 7 nitrogen and oxygen atoms in total. The number of aromatic nitrogens is 5. The molecule has 1 saturated carbocycles. The largest absolute Gasteiger partial charge is 0.474 e. The van der Waals surface area contributed by atoms with Gasteiger partial charge in [0.2, 0.25) is 5.88 Å². The Morgan fingerprint density at radius 1 is 1.19 bits per heavy atom. The topological polar surface area (TPSA) is 77.8 Å². The Morgan fingerprint density at radius 2 is 2.04 bits per heavy atom. The molecule has 3 heterocycles. The lowest BCUT2D eigenvalue weighted by Gasteiger charge is -2.13. The van der Waals surface area contributed by atoms with Crippen LogP contribution in [0.25, 0.3) is 5.82 Å². The molecule has 1 aliphatic carbocycles. The molecule has 0 unspecified atom stereocenters. The summed E-state index contributed by atoms with van der Waals surface area (Å²) in [5.74, 6) is 2.10. The number of hydrogen-bond donors (Lipinski definition) is 1. The van der Waals surface area contributed by atoms with E-state index in [9.17, 15) is 0 Å². The first-order valence-corrected chi connectivity index (χ1v) is 9.38. The maximum absolute atomic E-state index is 5.98. The standard InChI is InChI=1S/C20H24N6O/c1-14-9-15(2)26(25-14)19-13-21-12-18(24-19)23-11-16-7-8-22-20(10-16)27-17-5-3-4-6-17/h7-10,12-13,17H,3-6,11H2,1-2H3,(H,23,24). The van der Waals surface area contributed by atoms with Crippen molar-refractivity contribution in [2.45, 2.75) is 52.2 Å². The lowest BCUT2D eigenvalue weighted by atomic mass is 10.2. The number of pyridine rings is 1. The number of hydrogen-bond acceptors (Lipinski definition) is 6. The van der Waals surface area contributed by atoms with Crippen LogP contribution in [-0.2, 0) is 6.54 Å². The SMILES string of the molecule is Cc1cc(C)n(-c2cncc(NCc3ccnc(OC4CCCC4)c3)n2)n1. The molecule has 3 aromatic heterocycles. The van der Waals surface area contributed by atoms with E-state index in [0.29, 0.717) is 30.2 Å². The van der Waals surface area contributed by atoms with Gasteiger partial charge in [0.1, 0.15) is 11.9 Å². The second kappa shape index (κ2) is 7.73. The van der Waals surface area contributed by atoms with Gasteiger partial charge in [-0.05, 0) is 57.2 Å². The Bertz CT molecular complexity index is 916. The van der Waals surface area contributed by atoms with E-state index >= 15 is 0 Å². The molecule has 0 aliphatic heterocycles. The molecule has 0 atom stereocenters. The molecule has 1 N–H and O–H groups in total. The van der Waals surface area contributed by atoms with Crippen LogP contribution in [0.4, 0.5) is 5.82 Å². The van der Waals surface area contributed by atoms with Crippen LogP contribution < -0.4 is 10.1 Å². The second-order valence-corrected chi connectivity index (χ2v) is 6.98. The maximum atomic E-state index is 5.98. The molecular formula is C20H24N6O. The van der Waals surface area contributed by atoms with Gasteiger partial charge in [-0.3, -0.25) is 4.98 Å². The third-order valence-corrected chi connectivity index (χ3v) is 4.71. The van der Waals surface area contributed by atoms with Crippen LogP contribution in [0.15, 0.2) is 36.8 Å². The van der Waals surface area contributed by atoms with Crippen molar-refractivity contribution in [1.82, 2.24) is 24.7 Å². The Labute approximate surface area is 158 Å². The van der Waals surface area contributed by atoms with Crippen molar-refractivity contribution in [1.29, 1.82) is 0 Å². The van der Waals surface area contributed by atoms with Crippen LogP contribution in [0.5, 0.6) is 5.88 Å². The van der Waals surface area contributed by atoms with Gasteiger partial charge in [0.05, 0.1) is 18.1 Å². The van der Waals surface area contributed by atoms with Crippen LogP contribution in [-0.4, -0.2) is 30.8 Å². The van der Waals surface area contributed by atoms with Crippen LogP contribution in [0.2, 0.25) is 0 Å². The fourth-order valence-electron chi connectivity index (χ4n) is 3.40. The summed E-state index contributed by atoms with van der Waals surface area (Å²) in [7, 11) is 0. The van der Waals surface area contributed by atoms with Crippen molar-refractivity contribution in [3.8, 4) is 11.7 Å². The third-order valence-electron chi connectivity index (χ3n) is 4.71. The lowest BCUT2D eigenvalue weighted by Crippen LogP contribution is -2.12. The van der Waals surface area contributed by atoms with Gasteiger partial charge in [0.15, 0.2) is 5.82 Å². The predicted octanol–water partition coefficient (Wildman–Crippen LogP) is 3.61. The van der Waals surface area contributed by atoms with Gasteiger partial charge in [-0.25, -0.2) is 14.6 Å². The summed E-state index contributed by atoms with van der Waals surface area (Å²) in [5.41, 5.74) is 3.08. The lowest BCUT2D eigenvalue weighted by molar-refractivity contribution is 0.201. The maximum Gasteiger partial charge on any atom is 0.213 e. The highest BCUT2D eigenvalue weighted by molar-refractivity contribution is 5.38. The molecule has 0 radical (unpaired) electrons. The molecule has 3 aromatic rings. The van der Waals surface area contributed by atoms with Crippen LogP contribution >= 0.6 is 0 Å². The van der Waals surface area contributed by atoms with Crippen molar-refractivity contribution in [2.24, 2.45) is 0 Å². The fourth-order valence-corrected chi connectivity index (χ4v) is 3.40. The summed E-state index contributed by atoms with van der Waals surface area (Å²) in [5, 5.41) is 7.78. The number of ether oxygens (including phenoxy) is 1. The first-order chi connectivity index (χ1) is 13.2. The fraction of sp³-hybridized carbons (Fsp3) is 0.400. The van der Waals surface area contributed by atoms with E-state index < -0.39 is 0 Å². The van der Waals surface area contributed by atoms with Crippen molar-refractivity contribution in [3.05, 3.63) is 53.7 Å². The van der Waals surface area contributed by atoms with Crippen LogP contribution in [0, 0.1) is 13.8 Å². The first kappa shape index (κ1) is 17.5. The normalized spacial score (nSPS) is 14.4. The van der Waals surface area contributed by atoms with Crippen molar-refractivity contribution < 1.29 is 4.74 Å². The van der Waals surface area contributed by atoms with Gasteiger partial charge in [-0.1, -0.05) is 0 Å². The molecular weight excluding hydrogens is 340 g/mol. The Balaban J connectivity index is 1.43. The molecule has 27 heavy (non-hydrogen) atoms. The van der Waals surface area contributed by atoms with E-state index in [1.807, 2.05) is 32.0 Å². The average molecular weight is 364 g/mol. The van der Waals surface area contributed by atoms with Gasteiger partial charge < -0.3 is 10.1 Å². The third kappa shape index (κ3) is 4.24. The molecule has 0 amide bonds. The summed E-state index contributed by atoms with van der Waals surface area (Å²) in [6.45, 7) is 4.59. The molecule has 7 heteroatoms. The Hall–Kier alpha value is -2.96. The molecule has 4 rings (SSSR count). The number of anilines is 1. The summed E-state index contributed by atoms with van der Waals surface area (Å²) < 4.78 is 7.78. The van der Waals surface area contributed by atoms with Gasteiger partial charge in [0.25, 0.3) is 0 Å². The molecule has 0 aromatic carbocycles. The first-order valence-electron chi connectivity index (χ1n) is 9.38. The molecule has 0 bridgehead atoms. The van der Waals surface area contributed by atoms with Crippen molar-refractivity contribution >= 4 is 5.82 Å². The zero-order valence-corrected chi connectivity index (χ0v) is 15.7. The Kier molecular flexibility index (Phi) is 5.00. The van der Waals surface area contributed by atoms with Crippen molar-refractivity contribution in [3.63, 3.8) is 0 Å². The number of aryl methyl sites for hydroxylation is 2. The highest BCUT2D eigenvalue weighted by atomic mass is 16.5. The van der Waals surface area contributed by atoms with E-state index in [1.54, 1.807) is 23.3 Å². The minimum absolute atomic E-state index is 0.309. The van der Waals surface area contributed by atoms with E-state index in [0.717, 1.165) is 29.8 Å². The minimum Gasteiger partial charge on any atom is -0.474 e. The molecule has 0 saturated heterocycles. The van der Waals surface area contributed by atoms with Crippen LogP contribution in [0.1, 0.15) is 42.6 Å². The smallest absolute Gasteiger partial charge is 0.213 e. The highest BCUT2D eigenvalue weighted by Crippen LogP contribution is 2.23. The van der Waals surface area contributed by atoms with Gasteiger partial charge >= 0.3 is 0 Å². The molecule has 0 spiro atoms. The molecule has 140 valence electrons. The molecule has 1 aliphatic rings. The molecule has 1 fully saturated rings. The predicted molar refractivity (Wildman–Crippen MR) is 103 cm³/mol. The van der Waals surface area contributed by atoms with Gasteiger partial charge in [-0.15, -0.1) is 0 Å². The van der Waals surface area contributed by atoms with E-state index in [2.05, 4.69) is 25.4 Å². The number of rotatable bonds is 6. The Morgan fingerprint density at radius 3 is 2.81 bits per heavy atom. The monoisotopic (exact) mass is 364 g/mol.